The van der Waals surface area contributed by atoms with Gasteiger partial charge in [-0.2, -0.15) is 0 Å². The van der Waals surface area contributed by atoms with Crippen LogP contribution in [0.1, 0.15) is 37.7 Å². The molecular formula is C26H25ClN2O5. The third kappa shape index (κ3) is 3.88. The number of aryl methyl sites for hydroxylation is 1. The van der Waals surface area contributed by atoms with Crippen LogP contribution in [0.25, 0.3) is 0 Å². The van der Waals surface area contributed by atoms with Crippen LogP contribution in [0.2, 0.25) is 5.02 Å². The number of nitrogens with zero attached hydrogens (tertiary/aromatic N) is 2. The van der Waals surface area contributed by atoms with E-state index in [9.17, 15) is 19.2 Å². The largest absolute Gasteiger partial charge is 0.426 e. The van der Waals surface area contributed by atoms with Gasteiger partial charge in [0.25, 0.3) is 0 Å². The molecule has 8 heteroatoms. The number of amides is 3. The molecule has 2 heterocycles. The van der Waals surface area contributed by atoms with E-state index < -0.39 is 11.9 Å². The smallest absolute Gasteiger partial charge is 0.316 e. The Kier molecular flexibility index (Phi) is 5.90. The second-order valence-corrected chi connectivity index (χ2v) is 9.64. The van der Waals surface area contributed by atoms with Gasteiger partial charge in [-0.1, -0.05) is 36.6 Å². The number of halogens is 1. The molecule has 1 saturated carbocycles. The third-order valence-corrected chi connectivity index (χ3v) is 7.39. The number of carbonyl (C=O) groups excluding carboxylic acids is 4. The lowest BCUT2D eigenvalue weighted by Gasteiger charge is -2.19. The van der Waals surface area contributed by atoms with Crippen LogP contribution in [0, 0.1) is 24.7 Å². The number of fused-ring (bicyclic) bond motifs is 1. The van der Waals surface area contributed by atoms with Crippen LogP contribution in [0.5, 0.6) is 5.75 Å². The Labute approximate surface area is 202 Å². The quantitative estimate of drug-likeness (QED) is 0.370. The average molecular weight is 481 g/mol. The van der Waals surface area contributed by atoms with E-state index in [1.807, 2.05) is 0 Å². The van der Waals surface area contributed by atoms with Crippen molar-refractivity contribution in [2.45, 2.75) is 39.0 Å². The van der Waals surface area contributed by atoms with Crippen LogP contribution in [0.4, 0.5) is 11.4 Å². The number of imide groups is 1. The van der Waals surface area contributed by atoms with Gasteiger partial charge in [0.1, 0.15) is 5.75 Å². The van der Waals surface area contributed by atoms with Crippen molar-refractivity contribution in [3.63, 3.8) is 0 Å². The van der Waals surface area contributed by atoms with E-state index >= 15 is 0 Å². The van der Waals surface area contributed by atoms with Gasteiger partial charge in [0.05, 0.1) is 34.2 Å². The van der Waals surface area contributed by atoms with Crippen LogP contribution in [0.15, 0.2) is 42.5 Å². The molecule has 0 N–H and O–H groups in total. The molecule has 2 aliphatic heterocycles. The summed E-state index contributed by atoms with van der Waals surface area (Å²) < 4.78 is 5.57. The van der Waals surface area contributed by atoms with Crippen LogP contribution in [-0.2, 0) is 19.2 Å². The lowest BCUT2D eigenvalue weighted by Crippen LogP contribution is -2.31. The van der Waals surface area contributed by atoms with E-state index in [2.05, 4.69) is 0 Å². The minimum absolute atomic E-state index is 0.0423. The fourth-order valence-corrected chi connectivity index (χ4v) is 5.55. The summed E-state index contributed by atoms with van der Waals surface area (Å²) in [5.74, 6) is -1.71. The number of benzene rings is 2. The fraction of sp³-hybridized carbons (Fsp3) is 0.385. The molecule has 0 radical (unpaired) electrons. The van der Waals surface area contributed by atoms with Gasteiger partial charge in [-0.3, -0.25) is 19.2 Å². The molecule has 1 aliphatic carbocycles. The Morgan fingerprint density at radius 3 is 2.29 bits per heavy atom. The van der Waals surface area contributed by atoms with Crippen molar-refractivity contribution in [3.8, 4) is 5.75 Å². The van der Waals surface area contributed by atoms with E-state index in [4.69, 9.17) is 16.3 Å². The highest BCUT2D eigenvalue weighted by molar-refractivity contribution is 6.34. The number of anilines is 2. The van der Waals surface area contributed by atoms with Gasteiger partial charge in [-0.05, 0) is 55.7 Å². The summed E-state index contributed by atoms with van der Waals surface area (Å²) in [5.41, 5.74) is 1.78. The lowest BCUT2D eigenvalue weighted by molar-refractivity contribution is -0.139. The molecule has 3 amide bonds. The Hall–Kier alpha value is -3.19. The van der Waals surface area contributed by atoms with Gasteiger partial charge in [-0.25, -0.2) is 4.90 Å². The summed E-state index contributed by atoms with van der Waals surface area (Å²) in [6.07, 6.45) is 3.50. The zero-order chi connectivity index (χ0) is 24.0. The van der Waals surface area contributed by atoms with Crippen molar-refractivity contribution < 1.29 is 23.9 Å². The molecule has 3 fully saturated rings. The SMILES string of the molecule is Cc1cc(OC(=O)[C@@H]2CC(=O)N(c3ccccc3Cl)C2)ccc1N1C(=O)[C@H]2CCCC[C@H]2C1=O. The number of rotatable bonds is 4. The third-order valence-electron chi connectivity index (χ3n) is 7.07. The Morgan fingerprint density at radius 1 is 0.971 bits per heavy atom. The van der Waals surface area contributed by atoms with Crippen LogP contribution >= 0.6 is 11.6 Å². The molecule has 5 rings (SSSR count). The first kappa shape index (κ1) is 22.6. The Bertz CT molecular complexity index is 1170. The van der Waals surface area contributed by atoms with Gasteiger partial charge in [0.15, 0.2) is 0 Å². The molecule has 0 spiro atoms. The summed E-state index contributed by atoms with van der Waals surface area (Å²) >= 11 is 6.21. The molecule has 3 atom stereocenters. The van der Waals surface area contributed by atoms with Crippen molar-refractivity contribution in [3.05, 3.63) is 53.1 Å². The first-order chi connectivity index (χ1) is 16.3. The molecular weight excluding hydrogens is 456 g/mol. The van der Waals surface area contributed by atoms with Gasteiger partial charge in [0.2, 0.25) is 17.7 Å². The zero-order valence-corrected chi connectivity index (χ0v) is 19.6. The van der Waals surface area contributed by atoms with E-state index in [-0.39, 0.29) is 42.5 Å². The monoisotopic (exact) mass is 480 g/mol. The van der Waals surface area contributed by atoms with Crippen LogP contribution in [-0.4, -0.2) is 30.2 Å². The fourth-order valence-electron chi connectivity index (χ4n) is 5.31. The maximum atomic E-state index is 12.9. The topological polar surface area (TPSA) is 84.0 Å². The first-order valence-electron chi connectivity index (χ1n) is 11.6. The molecule has 2 aromatic carbocycles. The highest BCUT2D eigenvalue weighted by Crippen LogP contribution is 2.41. The molecule has 176 valence electrons. The zero-order valence-electron chi connectivity index (χ0n) is 18.8. The first-order valence-corrected chi connectivity index (χ1v) is 12.0. The molecule has 0 bridgehead atoms. The molecule has 2 saturated heterocycles. The minimum atomic E-state index is -0.617. The maximum Gasteiger partial charge on any atom is 0.316 e. The lowest BCUT2D eigenvalue weighted by atomic mass is 9.81. The molecule has 0 unspecified atom stereocenters. The van der Waals surface area contributed by atoms with Crippen LogP contribution < -0.4 is 14.5 Å². The van der Waals surface area contributed by atoms with E-state index in [1.165, 1.54) is 9.80 Å². The predicted octanol–water partition coefficient (Wildman–Crippen LogP) is 4.29. The van der Waals surface area contributed by atoms with Gasteiger partial charge in [-0.15, -0.1) is 0 Å². The summed E-state index contributed by atoms with van der Waals surface area (Å²) in [7, 11) is 0. The summed E-state index contributed by atoms with van der Waals surface area (Å²) in [4.78, 5) is 53.9. The predicted molar refractivity (Wildman–Crippen MR) is 127 cm³/mol. The van der Waals surface area contributed by atoms with Gasteiger partial charge >= 0.3 is 5.97 Å². The molecule has 7 nitrogen and oxygen atoms in total. The number of hydrogen-bond acceptors (Lipinski definition) is 5. The summed E-state index contributed by atoms with van der Waals surface area (Å²) in [5, 5.41) is 0.446. The van der Waals surface area contributed by atoms with E-state index in [0.717, 1.165) is 25.7 Å². The summed E-state index contributed by atoms with van der Waals surface area (Å²) in [6, 6.07) is 11.9. The number of hydrogen-bond donors (Lipinski definition) is 0. The molecule has 3 aliphatic rings. The second-order valence-electron chi connectivity index (χ2n) is 9.24. The Morgan fingerprint density at radius 2 is 1.65 bits per heavy atom. The van der Waals surface area contributed by atoms with Crippen molar-refractivity contribution in [1.82, 2.24) is 0 Å². The standard InChI is InChI=1S/C26H25ClN2O5/c1-15-12-17(10-11-21(15)29-24(31)18-6-2-3-7-19(18)25(29)32)34-26(33)16-13-23(30)28(14-16)22-9-5-4-8-20(22)27/h4-5,8-12,16,18-19H,2-3,6-7,13-14H2,1H3/t16-,18-,19+/m1/s1. The average Bonchev–Trinajstić information content (AvgIpc) is 3.33. The van der Waals surface area contributed by atoms with Gasteiger partial charge < -0.3 is 9.64 Å². The highest BCUT2D eigenvalue weighted by atomic mass is 35.5. The number of ether oxygens (including phenoxy) is 1. The molecule has 2 aromatic rings. The van der Waals surface area contributed by atoms with Gasteiger partial charge in [0, 0.05) is 13.0 Å². The van der Waals surface area contributed by atoms with E-state index in [0.29, 0.717) is 27.7 Å². The van der Waals surface area contributed by atoms with Crippen LogP contribution in [0.3, 0.4) is 0 Å². The molecule has 34 heavy (non-hydrogen) atoms. The minimum Gasteiger partial charge on any atom is -0.426 e. The van der Waals surface area contributed by atoms with Crippen molar-refractivity contribution in [1.29, 1.82) is 0 Å². The maximum absolute atomic E-state index is 12.9. The number of esters is 1. The Balaban J connectivity index is 1.29. The van der Waals surface area contributed by atoms with Crippen molar-refractivity contribution in [2.75, 3.05) is 16.3 Å². The number of carbonyl (C=O) groups is 4. The van der Waals surface area contributed by atoms with Crippen molar-refractivity contribution >= 4 is 46.7 Å². The van der Waals surface area contributed by atoms with Crippen molar-refractivity contribution in [2.24, 2.45) is 17.8 Å². The highest BCUT2D eigenvalue weighted by Gasteiger charge is 2.49. The molecule has 0 aromatic heterocycles. The second kappa shape index (κ2) is 8.87. The van der Waals surface area contributed by atoms with E-state index in [1.54, 1.807) is 49.4 Å². The normalized spacial score (nSPS) is 24.5. The number of para-hydroxylation sites is 1. The summed E-state index contributed by atoms with van der Waals surface area (Å²) in [6.45, 7) is 1.98.